The average molecular weight is 217 g/mol. The van der Waals surface area contributed by atoms with Crippen LogP contribution < -0.4 is 0 Å². The van der Waals surface area contributed by atoms with Gasteiger partial charge in [-0.2, -0.15) is 5.10 Å². The van der Waals surface area contributed by atoms with Gasteiger partial charge in [-0.3, -0.25) is 4.68 Å². The van der Waals surface area contributed by atoms with Crippen LogP contribution in [-0.4, -0.2) is 14.3 Å². The fraction of sp³-hybridized carbons (Fsp3) is 0.462. The van der Waals surface area contributed by atoms with Crippen molar-refractivity contribution >= 4 is 0 Å². The lowest BCUT2D eigenvalue weighted by atomic mass is 10.2. The highest BCUT2D eigenvalue weighted by molar-refractivity contribution is 5.29. The van der Waals surface area contributed by atoms with Crippen molar-refractivity contribution in [1.82, 2.24) is 14.3 Å². The minimum atomic E-state index is 0.917. The highest BCUT2D eigenvalue weighted by atomic mass is 15.3. The number of hydrogen-bond donors (Lipinski definition) is 0. The molecule has 0 unspecified atom stereocenters. The van der Waals surface area contributed by atoms with Crippen LogP contribution in [0.3, 0.4) is 0 Å². The normalized spacial score (nSPS) is 11.0. The van der Waals surface area contributed by atoms with E-state index in [2.05, 4.69) is 49.8 Å². The van der Waals surface area contributed by atoms with Crippen molar-refractivity contribution < 1.29 is 0 Å². The molecule has 0 atom stereocenters. The molecule has 0 fully saturated rings. The predicted octanol–water partition coefficient (Wildman–Crippen LogP) is 2.68. The molecular formula is C13H19N3. The summed E-state index contributed by atoms with van der Waals surface area (Å²) >= 11 is 0. The first-order chi connectivity index (χ1) is 7.61. The summed E-state index contributed by atoms with van der Waals surface area (Å²) in [7, 11) is 0. The van der Waals surface area contributed by atoms with Crippen LogP contribution in [0.5, 0.6) is 0 Å². The maximum absolute atomic E-state index is 4.29. The van der Waals surface area contributed by atoms with Gasteiger partial charge in [-0.1, -0.05) is 0 Å². The van der Waals surface area contributed by atoms with E-state index < -0.39 is 0 Å². The minimum Gasteiger partial charge on any atom is -0.347 e. The molecule has 0 amide bonds. The zero-order valence-corrected chi connectivity index (χ0v) is 10.5. The standard InChI is InChI=1S/C13H19N3/c1-5-16-9-13(6-14-16)8-15-7-10(2)11(3)12(15)4/h6-7,9H,5,8H2,1-4H3. The van der Waals surface area contributed by atoms with Crippen LogP contribution >= 0.6 is 0 Å². The highest BCUT2D eigenvalue weighted by Gasteiger charge is 2.06. The topological polar surface area (TPSA) is 22.8 Å². The third-order valence-electron chi connectivity index (χ3n) is 3.28. The van der Waals surface area contributed by atoms with Crippen molar-refractivity contribution in [3.63, 3.8) is 0 Å². The summed E-state index contributed by atoms with van der Waals surface area (Å²) in [5, 5.41) is 4.29. The fourth-order valence-electron chi connectivity index (χ4n) is 1.95. The Balaban J connectivity index is 2.23. The van der Waals surface area contributed by atoms with Crippen molar-refractivity contribution in [2.75, 3.05) is 0 Å². The molecule has 0 aliphatic rings. The van der Waals surface area contributed by atoms with Crippen molar-refractivity contribution in [3.8, 4) is 0 Å². The highest BCUT2D eigenvalue weighted by Crippen LogP contribution is 2.16. The summed E-state index contributed by atoms with van der Waals surface area (Å²) in [6.07, 6.45) is 6.28. The van der Waals surface area contributed by atoms with Gasteiger partial charge in [0.1, 0.15) is 0 Å². The monoisotopic (exact) mass is 217 g/mol. The van der Waals surface area contributed by atoms with E-state index >= 15 is 0 Å². The second kappa shape index (κ2) is 4.16. The second-order valence-corrected chi connectivity index (χ2v) is 4.35. The van der Waals surface area contributed by atoms with Gasteiger partial charge in [0, 0.05) is 30.2 Å². The van der Waals surface area contributed by atoms with Crippen molar-refractivity contribution in [2.24, 2.45) is 0 Å². The number of nitrogens with zero attached hydrogens (tertiary/aromatic N) is 3. The molecule has 3 nitrogen and oxygen atoms in total. The van der Waals surface area contributed by atoms with E-state index in [9.17, 15) is 0 Å². The Morgan fingerprint density at radius 2 is 1.94 bits per heavy atom. The van der Waals surface area contributed by atoms with E-state index in [1.54, 1.807) is 0 Å². The maximum Gasteiger partial charge on any atom is 0.0539 e. The third-order valence-corrected chi connectivity index (χ3v) is 3.28. The van der Waals surface area contributed by atoms with Crippen LogP contribution in [-0.2, 0) is 13.1 Å². The summed E-state index contributed by atoms with van der Waals surface area (Å²) in [4.78, 5) is 0. The first kappa shape index (κ1) is 11.0. The average Bonchev–Trinajstić information content (AvgIpc) is 2.81. The van der Waals surface area contributed by atoms with E-state index in [0.29, 0.717) is 0 Å². The quantitative estimate of drug-likeness (QED) is 0.775. The Morgan fingerprint density at radius 3 is 2.44 bits per heavy atom. The number of aromatic nitrogens is 3. The Hall–Kier alpha value is -1.51. The zero-order valence-electron chi connectivity index (χ0n) is 10.5. The summed E-state index contributed by atoms with van der Waals surface area (Å²) in [5.74, 6) is 0. The van der Waals surface area contributed by atoms with Crippen molar-refractivity contribution in [2.45, 2.75) is 40.8 Å². The Labute approximate surface area is 96.7 Å². The van der Waals surface area contributed by atoms with Gasteiger partial charge < -0.3 is 4.57 Å². The molecule has 0 radical (unpaired) electrons. The van der Waals surface area contributed by atoms with E-state index in [4.69, 9.17) is 0 Å². The molecule has 2 heterocycles. The Bertz CT molecular complexity index is 491. The molecule has 0 saturated heterocycles. The first-order valence-corrected chi connectivity index (χ1v) is 5.76. The van der Waals surface area contributed by atoms with Gasteiger partial charge in [0.05, 0.1) is 12.7 Å². The van der Waals surface area contributed by atoms with E-state index in [0.717, 1.165) is 13.1 Å². The summed E-state index contributed by atoms with van der Waals surface area (Å²) < 4.78 is 4.26. The lowest BCUT2D eigenvalue weighted by Gasteiger charge is -2.04. The van der Waals surface area contributed by atoms with E-state index in [1.165, 1.54) is 22.4 Å². The molecule has 0 aromatic carbocycles. The zero-order chi connectivity index (χ0) is 11.7. The number of aryl methyl sites for hydroxylation is 2. The predicted molar refractivity (Wildman–Crippen MR) is 65.6 cm³/mol. The van der Waals surface area contributed by atoms with Gasteiger partial charge in [0.2, 0.25) is 0 Å². The van der Waals surface area contributed by atoms with Crippen LogP contribution in [0.2, 0.25) is 0 Å². The molecule has 2 aromatic heterocycles. The molecule has 0 aliphatic carbocycles. The summed E-state index contributed by atoms with van der Waals surface area (Å²) in [5.41, 5.74) is 5.37. The largest absolute Gasteiger partial charge is 0.347 e. The molecule has 2 aromatic rings. The minimum absolute atomic E-state index is 0.917. The smallest absolute Gasteiger partial charge is 0.0539 e. The third kappa shape index (κ3) is 1.90. The van der Waals surface area contributed by atoms with Crippen LogP contribution in [0.25, 0.3) is 0 Å². The molecule has 0 saturated carbocycles. The second-order valence-electron chi connectivity index (χ2n) is 4.35. The van der Waals surface area contributed by atoms with Gasteiger partial charge in [-0.05, 0) is 38.8 Å². The molecule has 0 aliphatic heterocycles. The molecular weight excluding hydrogens is 198 g/mol. The molecule has 0 bridgehead atoms. The molecule has 0 spiro atoms. The lowest BCUT2D eigenvalue weighted by Crippen LogP contribution is -1.99. The molecule has 16 heavy (non-hydrogen) atoms. The Kier molecular flexibility index (Phi) is 2.86. The van der Waals surface area contributed by atoms with Gasteiger partial charge in [0.25, 0.3) is 0 Å². The van der Waals surface area contributed by atoms with Crippen molar-refractivity contribution in [3.05, 3.63) is 41.0 Å². The Morgan fingerprint density at radius 1 is 1.19 bits per heavy atom. The lowest BCUT2D eigenvalue weighted by molar-refractivity contribution is 0.658. The summed E-state index contributed by atoms with van der Waals surface area (Å²) in [6.45, 7) is 10.5. The molecule has 86 valence electrons. The SMILES string of the molecule is CCn1cc(Cn2cc(C)c(C)c2C)cn1. The van der Waals surface area contributed by atoms with Crippen LogP contribution in [0.1, 0.15) is 29.3 Å². The van der Waals surface area contributed by atoms with E-state index in [-0.39, 0.29) is 0 Å². The van der Waals surface area contributed by atoms with Gasteiger partial charge in [0.15, 0.2) is 0 Å². The van der Waals surface area contributed by atoms with Crippen LogP contribution in [0.15, 0.2) is 18.6 Å². The molecule has 0 N–H and O–H groups in total. The molecule has 2 rings (SSSR count). The van der Waals surface area contributed by atoms with Gasteiger partial charge >= 0.3 is 0 Å². The first-order valence-electron chi connectivity index (χ1n) is 5.76. The van der Waals surface area contributed by atoms with Crippen LogP contribution in [0, 0.1) is 20.8 Å². The molecule has 3 heteroatoms. The van der Waals surface area contributed by atoms with Crippen molar-refractivity contribution in [1.29, 1.82) is 0 Å². The van der Waals surface area contributed by atoms with Gasteiger partial charge in [-0.15, -0.1) is 0 Å². The van der Waals surface area contributed by atoms with Gasteiger partial charge in [-0.25, -0.2) is 0 Å². The maximum atomic E-state index is 4.29. The number of rotatable bonds is 3. The van der Waals surface area contributed by atoms with Crippen LogP contribution in [0.4, 0.5) is 0 Å². The van der Waals surface area contributed by atoms with E-state index in [1.807, 2.05) is 10.9 Å². The number of hydrogen-bond acceptors (Lipinski definition) is 1. The summed E-state index contributed by atoms with van der Waals surface area (Å²) in [6, 6.07) is 0. The fourth-order valence-corrected chi connectivity index (χ4v) is 1.95.